The quantitative estimate of drug-likeness (QED) is 0.719. The van der Waals surface area contributed by atoms with Crippen LogP contribution < -0.4 is 9.64 Å². The van der Waals surface area contributed by atoms with Gasteiger partial charge < -0.3 is 14.2 Å². The maximum atomic E-state index is 13.6. The molecule has 23 heavy (non-hydrogen) atoms. The Labute approximate surface area is 132 Å². The number of methoxy groups -OCH3 is 1. The zero-order valence-corrected chi connectivity index (χ0v) is 13.0. The summed E-state index contributed by atoms with van der Waals surface area (Å²) in [6.07, 6.45) is 1.86. The van der Waals surface area contributed by atoms with Crippen molar-refractivity contribution in [1.82, 2.24) is 19.9 Å². The third-order valence-electron chi connectivity index (χ3n) is 3.28. The van der Waals surface area contributed by atoms with E-state index in [0.717, 1.165) is 5.69 Å². The van der Waals surface area contributed by atoms with E-state index in [-0.39, 0.29) is 0 Å². The lowest BCUT2D eigenvalue weighted by atomic mass is 10.2. The average molecular weight is 317 g/mol. The van der Waals surface area contributed by atoms with Crippen LogP contribution in [0.5, 0.6) is 5.75 Å². The Bertz CT molecular complexity index is 814. The van der Waals surface area contributed by atoms with Gasteiger partial charge in [-0.3, -0.25) is 4.68 Å². The van der Waals surface area contributed by atoms with Crippen molar-refractivity contribution in [2.75, 3.05) is 19.1 Å². The molecule has 0 aliphatic carbocycles. The number of aromatic nitrogens is 4. The van der Waals surface area contributed by atoms with Crippen LogP contribution in [0.1, 0.15) is 5.69 Å². The van der Waals surface area contributed by atoms with Gasteiger partial charge >= 0.3 is 6.01 Å². The van der Waals surface area contributed by atoms with Gasteiger partial charge in [-0.25, -0.2) is 4.39 Å². The fraction of sp³-hybridized carbons (Fsp3) is 0.267. The summed E-state index contributed by atoms with van der Waals surface area (Å²) < 4.78 is 25.6. The minimum atomic E-state index is -0.424. The van der Waals surface area contributed by atoms with E-state index in [1.807, 2.05) is 26.4 Å². The Morgan fingerprint density at radius 2 is 2.17 bits per heavy atom. The van der Waals surface area contributed by atoms with Gasteiger partial charge in [-0.15, -0.1) is 0 Å². The number of anilines is 1. The molecule has 8 heteroatoms. The lowest BCUT2D eigenvalue weighted by Crippen LogP contribution is -2.17. The zero-order chi connectivity index (χ0) is 16.4. The molecule has 7 nitrogen and oxygen atoms in total. The van der Waals surface area contributed by atoms with Crippen molar-refractivity contribution in [2.45, 2.75) is 6.54 Å². The van der Waals surface area contributed by atoms with Crippen molar-refractivity contribution in [3.8, 4) is 17.1 Å². The molecule has 0 bridgehead atoms. The largest absolute Gasteiger partial charge is 0.497 e. The molecule has 0 aliphatic heterocycles. The molecule has 0 atom stereocenters. The fourth-order valence-corrected chi connectivity index (χ4v) is 2.16. The number of hydrogen-bond acceptors (Lipinski definition) is 6. The van der Waals surface area contributed by atoms with Gasteiger partial charge in [-0.1, -0.05) is 5.16 Å². The Morgan fingerprint density at radius 1 is 1.35 bits per heavy atom. The first-order valence-electron chi connectivity index (χ1n) is 6.93. The van der Waals surface area contributed by atoms with Crippen LogP contribution in [0.15, 0.2) is 35.0 Å². The van der Waals surface area contributed by atoms with Crippen molar-refractivity contribution in [2.24, 2.45) is 7.05 Å². The summed E-state index contributed by atoms with van der Waals surface area (Å²) in [7, 11) is 5.14. The normalized spacial score (nSPS) is 10.8. The highest BCUT2D eigenvalue weighted by Gasteiger charge is 2.15. The molecule has 0 saturated carbocycles. The number of aryl methyl sites for hydroxylation is 1. The van der Waals surface area contributed by atoms with E-state index in [0.29, 0.717) is 29.7 Å². The van der Waals surface area contributed by atoms with Crippen molar-refractivity contribution < 1.29 is 13.7 Å². The highest BCUT2D eigenvalue weighted by Crippen LogP contribution is 2.25. The highest BCUT2D eigenvalue weighted by molar-refractivity contribution is 5.58. The number of benzene rings is 1. The fourth-order valence-electron chi connectivity index (χ4n) is 2.16. The molecule has 0 radical (unpaired) electrons. The Morgan fingerprint density at radius 3 is 2.87 bits per heavy atom. The minimum Gasteiger partial charge on any atom is -0.497 e. The van der Waals surface area contributed by atoms with Crippen LogP contribution in [0, 0.1) is 5.82 Å². The Hall–Kier alpha value is -2.90. The van der Waals surface area contributed by atoms with Gasteiger partial charge in [0.05, 0.1) is 19.3 Å². The molecule has 1 aromatic carbocycles. The number of ether oxygens (including phenoxy) is 1. The van der Waals surface area contributed by atoms with Gasteiger partial charge in [0.25, 0.3) is 0 Å². The number of hydrogen-bond donors (Lipinski definition) is 0. The molecule has 0 fully saturated rings. The maximum Gasteiger partial charge on any atom is 0.324 e. The summed E-state index contributed by atoms with van der Waals surface area (Å²) in [6.45, 7) is 0.523. The first kappa shape index (κ1) is 15.0. The van der Waals surface area contributed by atoms with Crippen LogP contribution in [0.2, 0.25) is 0 Å². The Balaban J connectivity index is 1.81. The Kier molecular flexibility index (Phi) is 3.96. The monoisotopic (exact) mass is 317 g/mol. The van der Waals surface area contributed by atoms with Crippen LogP contribution in [0.3, 0.4) is 0 Å². The van der Waals surface area contributed by atoms with Gasteiger partial charge in [0.15, 0.2) is 0 Å². The minimum absolute atomic E-state index is 0.297. The molecule has 0 spiro atoms. The molecule has 3 rings (SSSR count). The zero-order valence-electron chi connectivity index (χ0n) is 13.0. The van der Waals surface area contributed by atoms with E-state index in [1.54, 1.807) is 15.6 Å². The van der Waals surface area contributed by atoms with Crippen molar-refractivity contribution in [1.29, 1.82) is 0 Å². The van der Waals surface area contributed by atoms with Crippen LogP contribution in [-0.4, -0.2) is 34.1 Å². The van der Waals surface area contributed by atoms with Crippen LogP contribution in [0.25, 0.3) is 11.4 Å². The second-order valence-electron chi connectivity index (χ2n) is 5.12. The smallest absolute Gasteiger partial charge is 0.324 e. The second-order valence-corrected chi connectivity index (χ2v) is 5.12. The van der Waals surface area contributed by atoms with Gasteiger partial charge in [0, 0.05) is 31.9 Å². The van der Waals surface area contributed by atoms with Crippen molar-refractivity contribution in [3.05, 3.63) is 42.0 Å². The SMILES string of the molecule is COc1cc(F)cc(-c2noc(N(C)Cc3ccn(C)n3)n2)c1. The van der Waals surface area contributed by atoms with Gasteiger partial charge in [-0.05, 0) is 18.2 Å². The van der Waals surface area contributed by atoms with Gasteiger partial charge in [-0.2, -0.15) is 10.1 Å². The molecule has 0 unspecified atom stereocenters. The summed E-state index contributed by atoms with van der Waals surface area (Å²) in [6, 6.07) is 6.50. The maximum absolute atomic E-state index is 13.6. The second kappa shape index (κ2) is 6.07. The van der Waals surface area contributed by atoms with E-state index in [9.17, 15) is 4.39 Å². The lowest BCUT2D eigenvalue weighted by molar-refractivity contribution is 0.411. The molecule has 120 valence electrons. The summed E-state index contributed by atoms with van der Waals surface area (Å²) in [4.78, 5) is 6.06. The first-order valence-corrected chi connectivity index (χ1v) is 6.93. The topological polar surface area (TPSA) is 69.2 Å². The van der Waals surface area contributed by atoms with E-state index < -0.39 is 5.82 Å². The third kappa shape index (κ3) is 3.31. The predicted molar refractivity (Wildman–Crippen MR) is 81.6 cm³/mol. The molecular formula is C15H16FN5O2. The van der Waals surface area contributed by atoms with E-state index in [2.05, 4.69) is 15.2 Å². The van der Waals surface area contributed by atoms with Crippen LogP contribution >= 0.6 is 0 Å². The molecular weight excluding hydrogens is 301 g/mol. The van der Waals surface area contributed by atoms with Crippen LogP contribution in [-0.2, 0) is 13.6 Å². The van der Waals surface area contributed by atoms with E-state index in [4.69, 9.17) is 9.26 Å². The van der Waals surface area contributed by atoms with Crippen molar-refractivity contribution in [3.63, 3.8) is 0 Å². The summed E-state index contributed by atoms with van der Waals surface area (Å²) in [5, 5.41) is 8.19. The van der Waals surface area contributed by atoms with Gasteiger partial charge in [0.2, 0.25) is 5.82 Å². The summed E-state index contributed by atoms with van der Waals surface area (Å²) >= 11 is 0. The highest BCUT2D eigenvalue weighted by atomic mass is 19.1. The standard InChI is InChI=1S/C15H16FN5O2/c1-20(9-12-4-5-21(2)18-12)15-17-14(19-23-15)10-6-11(16)8-13(7-10)22-3/h4-8H,9H2,1-3H3. The average Bonchev–Trinajstić information content (AvgIpc) is 3.16. The molecule has 0 N–H and O–H groups in total. The predicted octanol–water partition coefficient (Wildman–Crippen LogP) is 2.25. The molecule has 0 amide bonds. The lowest BCUT2D eigenvalue weighted by Gasteiger charge is -2.11. The molecule has 0 aliphatic rings. The molecule has 3 aromatic rings. The number of nitrogens with zero attached hydrogens (tertiary/aromatic N) is 5. The summed E-state index contributed by atoms with van der Waals surface area (Å²) in [5.74, 6) is 0.270. The van der Waals surface area contributed by atoms with E-state index in [1.165, 1.54) is 19.2 Å². The van der Waals surface area contributed by atoms with Crippen LogP contribution in [0.4, 0.5) is 10.4 Å². The number of halogens is 1. The first-order chi connectivity index (χ1) is 11.0. The van der Waals surface area contributed by atoms with Gasteiger partial charge in [0.1, 0.15) is 11.6 Å². The third-order valence-corrected chi connectivity index (χ3v) is 3.28. The van der Waals surface area contributed by atoms with Crippen molar-refractivity contribution >= 4 is 6.01 Å². The molecule has 0 saturated heterocycles. The van der Waals surface area contributed by atoms with E-state index >= 15 is 0 Å². The molecule has 2 heterocycles. The number of rotatable bonds is 5. The summed E-state index contributed by atoms with van der Waals surface area (Å²) in [5.41, 5.74) is 1.37. The molecule has 2 aromatic heterocycles.